The first-order chi connectivity index (χ1) is 10.3. The number of amides is 2. The van der Waals surface area contributed by atoms with Crippen LogP contribution in [0.3, 0.4) is 0 Å². The average Bonchev–Trinajstić information content (AvgIpc) is 2.76. The summed E-state index contributed by atoms with van der Waals surface area (Å²) in [7, 11) is -1.10. The Labute approximate surface area is 131 Å². The van der Waals surface area contributed by atoms with Gasteiger partial charge >= 0.3 is 0 Å². The molecular weight excluding hydrogens is 300 g/mol. The minimum atomic E-state index is -1.10. The van der Waals surface area contributed by atoms with E-state index in [-0.39, 0.29) is 11.8 Å². The number of nitrogens with one attached hydrogen (secondary N) is 2. The molecule has 8 heteroatoms. The molecule has 2 heterocycles. The number of carbonyl (C=O) groups excluding carboxylic acids is 2. The quantitative estimate of drug-likeness (QED) is 0.608. The Morgan fingerprint density at radius 1 is 1.55 bits per heavy atom. The molecule has 122 valence electrons. The Bertz CT molecular complexity index is 565. The summed E-state index contributed by atoms with van der Waals surface area (Å²) in [5, 5.41) is 5.37. The minimum absolute atomic E-state index is 0.221. The molecule has 0 saturated carbocycles. The molecule has 1 aromatic rings. The van der Waals surface area contributed by atoms with Gasteiger partial charge in [0.2, 0.25) is 11.8 Å². The maximum atomic E-state index is 11.9. The molecule has 0 aromatic carbocycles. The second kappa shape index (κ2) is 6.61. The molecule has 0 fully saturated rings. The second-order valence-corrected chi connectivity index (χ2v) is 12.4. The third-order valence-corrected chi connectivity index (χ3v) is 5.21. The van der Waals surface area contributed by atoms with E-state index >= 15 is 0 Å². The largest absolute Gasteiger partial charge is 0.361 e. The van der Waals surface area contributed by atoms with Crippen molar-refractivity contribution in [3.63, 3.8) is 0 Å². The van der Waals surface area contributed by atoms with E-state index in [0.717, 1.165) is 18.3 Å². The summed E-state index contributed by atoms with van der Waals surface area (Å²) in [6.07, 6.45) is 2.09. The van der Waals surface area contributed by atoms with Crippen molar-refractivity contribution in [1.82, 2.24) is 14.9 Å². The zero-order chi connectivity index (χ0) is 16.3. The maximum absolute atomic E-state index is 11.9. The van der Waals surface area contributed by atoms with Crippen LogP contribution in [0.1, 0.15) is 12.6 Å². The van der Waals surface area contributed by atoms with Gasteiger partial charge in [-0.25, -0.2) is 4.98 Å². The van der Waals surface area contributed by atoms with Crippen LogP contribution >= 0.6 is 0 Å². The third-order valence-electron chi connectivity index (χ3n) is 3.51. The number of nitrogens with zero attached hydrogens (tertiary/aromatic N) is 2. The maximum Gasteiger partial charge on any atom is 0.248 e. The zero-order valence-corrected chi connectivity index (χ0v) is 14.6. The Morgan fingerprint density at radius 3 is 2.91 bits per heavy atom. The van der Waals surface area contributed by atoms with Gasteiger partial charge in [-0.1, -0.05) is 19.6 Å². The number of rotatable bonds is 6. The van der Waals surface area contributed by atoms with E-state index in [2.05, 4.69) is 35.3 Å². The van der Waals surface area contributed by atoms with Crippen LogP contribution in [0.2, 0.25) is 25.7 Å². The van der Waals surface area contributed by atoms with E-state index in [0.29, 0.717) is 19.0 Å². The molecule has 1 aromatic heterocycles. The molecule has 0 unspecified atom stereocenters. The monoisotopic (exact) mass is 324 g/mol. The lowest BCUT2D eigenvalue weighted by molar-refractivity contribution is -0.125. The molecule has 1 atom stereocenters. The van der Waals surface area contributed by atoms with E-state index in [1.165, 1.54) is 6.92 Å². The lowest BCUT2D eigenvalue weighted by Crippen LogP contribution is -2.47. The van der Waals surface area contributed by atoms with Crippen molar-refractivity contribution in [2.24, 2.45) is 0 Å². The van der Waals surface area contributed by atoms with Crippen molar-refractivity contribution in [3.8, 4) is 0 Å². The van der Waals surface area contributed by atoms with E-state index in [9.17, 15) is 9.59 Å². The first-order valence-corrected chi connectivity index (χ1v) is 11.2. The van der Waals surface area contributed by atoms with Crippen molar-refractivity contribution in [2.45, 2.75) is 51.8 Å². The first kappa shape index (κ1) is 16.7. The minimum Gasteiger partial charge on any atom is -0.361 e. The zero-order valence-electron chi connectivity index (χ0n) is 13.6. The van der Waals surface area contributed by atoms with Gasteiger partial charge in [-0.15, -0.1) is 0 Å². The molecule has 1 aliphatic heterocycles. The van der Waals surface area contributed by atoms with Gasteiger partial charge in [0.25, 0.3) is 0 Å². The summed E-state index contributed by atoms with van der Waals surface area (Å²) in [5.74, 6) is 0.106. The molecule has 7 nitrogen and oxygen atoms in total. The molecule has 1 aliphatic rings. The smallest absolute Gasteiger partial charge is 0.248 e. The Morgan fingerprint density at radius 2 is 2.27 bits per heavy atom. The van der Waals surface area contributed by atoms with Gasteiger partial charge in [-0.05, 0) is 6.04 Å². The number of hydrogen-bond donors (Lipinski definition) is 2. The Balaban J connectivity index is 1.96. The second-order valence-electron chi connectivity index (χ2n) is 6.80. The lowest BCUT2D eigenvalue weighted by Gasteiger charge is -2.23. The summed E-state index contributed by atoms with van der Waals surface area (Å²) in [6, 6.07) is 0.553. The first-order valence-electron chi connectivity index (χ1n) is 7.46. The molecule has 0 spiro atoms. The number of carbonyl (C=O) groups is 2. The van der Waals surface area contributed by atoms with Gasteiger partial charge in [0.15, 0.2) is 5.82 Å². The molecule has 0 aliphatic carbocycles. The van der Waals surface area contributed by atoms with Gasteiger partial charge in [0.05, 0.1) is 12.0 Å². The highest BCUT2D eigenvalue weighted by molar-refractivity contribution is 6.76. The van der Waals surface area contributed by atoms with Crippen molar-refractivity contribution < 1.29 is 14.3 Å². The molecular formula is C14H24N4O3Si. The van der Waals surface area contributed by atoms with Crippen LogP contribution in [-0.2, 0) is 27.5 Å². The van der Waals surface area contributed by atoms with Gasteiger partial charge in [0, 0.05) is 28.0 Å². The van der Waals surface area contributed by atoms with Gasteiger partial charge in [0.1, 0.15) is 12.8 Å². The molecule has 22 heavy (non-hydrogen) atoms. The van der Waals surface area contributed by atoms with Crippen molar-refractivity contribution in [3.05, 3.63) is 12.0 Å². The van der Waals surface area contributed by atoms with Crippen LogP contribution in [0.25, 0.3) is 0 Å². The van der Waals surface area contributed by atoms with Gasteiger partial charge in [-0.3, -0.25) is 9.59 Å². The van der Waals surface area contributed by atoms with Gasteiger partial charge < -0.3 is 19.9 Å². The summed E-state index contributed by atoms with van der Waals surface area (Å²) in [5.41, 5.74) is 0.881. The summed E-state index contributed by atoms with van der Waals surface area (Å²) >= 11 is 0. The van der Waals surface area contributed by atoms with Crippen LogP contribution in [0, 0.1) is 0 Å². The third kappa shape index (κ3) is 4.41. The van der Waals surface area contributed by atoms with E-state index in [1.807, 2.05) is 4.57 Å². The SMILES string of the molecule is CC(=O)N[C@H]1Cc2c(ncn2COCC[Si](C)(C)C)NC1=O. The molecule has 2 amide bonds. The highest BCUT2D eigenvalue weighted by Crippen LogP contribution is 2.21. The topological polar surface area (TPSA) is 85.2 Å². The van der Waals surface area contributed by atoms with Crippen LogP contribution in [0.4, 0.5) is 5.82 Å². The van der Waals surface area contributed by atoms with E-state index in [4.69, 9.17) is 4.74 Å². The van der Waals surface area contributed by atoms with Crippen molar-refractivity contribution >= 4 is 25.7 Å². The Hall–Kier alpha value is -1.67. The van der Waals surface area contributed by atoms with Crippen molar-refractivity contribution in [1.29, 1.82) is 0 Å². The normalized spacial score (nSPS) is 17.8. The highest BCUT2D eigenvalue weighted by Gasteiger charge is 2.30. The number of hydrogen-bond acceptors (Lipinski definition) is 4. The standard InChI is InChI=1S/C14H24N4O3Si/c1-10(19)16-11-7-12-13(17-14(11)20)15-8-18(12)9-21-5-6-22(2,3)4/h8,11H,5-7,9H2,1-4H3,(H,16,19)(H,17,20)/t11-/m0/s1. The fourth-order valence-electron chi connectivity index (χ4n) is 2.23. The molecule has 0 saturated heterocycles. The van der Waals surface area contributed by atoms with E-state index in [1.54, 1.807) is 6.33 Å². The lowest BCUT2D eigenvalue weighted by atomic mass is 10.1. The average molecular weight is 324 g/mol. The molecule has 0 radical (unpaired) electrons. The summed E-state index contributed by atoms with van der Waals surface area (Å²) in [6.45, 7) is 9.47. The predicted octanol–water partition coefficient (Wildman–Crippen LogP) is 1.19. The van der Waals surface area contributed by atoms with E-state index < -0.39 is 14.1 Å². The number of anilines is 1. The van der Waals surface area contributed by atoms with Gasteiger partial charge in [-0.2, -0.15) is 0 Å². The van der Waals surface area contributed by atoms with Crippen LogP contribution < -0.4 is 10.6 Å². The number of fused-ring (bicyclic) bond motifs is 1. The number of ether oxygens (including phenoxy) is 1. The highest BCUT2D eigenvalue weighted by atomic mass is 28.3. The summed E-state index contributed by atoms with van der Waals surface area (Å²) in [4.78, 5) is 27.2. The van der Waals surface area contributed by atoms with Crippen molar-refractivity contribution in [2.75, 3.05) is 11.9 Å². The fraction of sp³-hybridized carbons (Fsp3) is 0.643. The fourth-order valence-corrected chi connectivity index (χ4v) is 2.99. The summed E-state index contributed by atoms with van der Waals surface area (Å²) < 4.78 is 7.60. The number of imidazole rings is 1. The van der Waals surface area contributed by atoms with Crippen LogP contribution in [-0.4, -0.2) is 42.1 Å². The predicted molar refractivity (Wildman–Crippen MR) is 86.3 cm³/mol. The van der Waals surface area contributed by atoms with Crippen LogP contribution in [0.5, 0.6) is 0 Å². The Kier molecular flexibility index (Phi) is 5.02. The molecule has 0 bridgehead atoms. The molecule has 2 rings (SSSR count). The van der Waals surface area contributed by atoms with Crippen LogP contribution in [0.15, 0.2) is 6.33 Å². The number of aromatic nitrogens is 2. The molecule has 2 N–H and O–H groups in total.